The molecule has 0 fully saturated rings. The average Bonchev–Trinajstić information content (AvgIpc) is 3.24. The normalized spacial score (nSPS) is 10.6. The van der Waals surface area contributed by atoms with Crippen LogP contribution in [0.1, 0.15) is 11.3 Å². The monoisotopic (exact) mass is 376 g/mol. The molecule has 0 saturated heterocycles. The van der Waals surface area contributed by atoms with Crippen molar-refractivity contribution in [2.24, 2.45) is 0 Å². The van der Waals surface area contributed by atoms with E-state index >= 15 is 0 Å². The van der Waals surface area contributed by atoms with Crippen molar-refractivity contribution < 1.29 is 18.7 Å². The summed E-state index contributed by atoms with van der Waals surface area (Å²) in [6.07, 6.45) is 4.57. The summed E-state index contributed by atoms with van der Waals surface area (Å²) in [5.41, 5.74) is 0.811. The van der Waals surface area contributed by atoms with Crippen molar-refractivity contribution in [3.05, 3.63) is 90.4 Å². The predicted octanol–water partition coefficient (Wildman–Crippen LogP) is 3.52. The fraction of sp³-hybridized carbons (Fsp3) is 0.0909. The highest BCUT2D eigenvalue weighted by Gasteiger charge is 2.04. The van der Waals surface area contributed by atoms with E-state index in [-0.39, 0.29) is 24.9 Å². The summed E-state index contributed by atoms with van der Waals surface area (Å²) in [4.78, 5) is 23.6. The van der Waals surface area contributed by atoms with Gasteiger partial charge in [-0.1, -0.05) is 30.3 Å². The first-order valence-electron chi connectivity index (χ1n) is 8.77. The van der Waals surface area contributed by atoms with E-state index in [4.69, 9.17) is 9.15 Å². The fourth-order valence-electron chi connectivity index (χ4n) is 2.37. The van der Waals surface area contributed by atoms with Crippen LogP contribution in [-0.4, -0.2) is 18.4 Å². The molecule has 142 valence electrons. The molecular weight excluding hydrogens is 356 g/mol. The quantitative estimate of drug-likeness (QED) is 0.590. The van der Waals surface area contributed by atoms with E-state index in [2.05, 4.69) is 10.6 Å². The van der Waals surface area contributed by atoms with E-state index in [1.54, 1.807) is 18.2 Å². The lowest BCUT2D eigenvalue weighted by atomic mass is 10.2. The zero-order valence-electron chi connectivity index (χ0n) is 15.1. The van der Waals surface area contributed by atoms with Crippen LogP contribution in [0.2, 0.25) is 0 Å². The largest absolute Gasteiger partial charge is 0.467 e. The molecule has 6 heteroatoms. The standard InChI is InChI=1S/C22H20N2O4/c25-21(24-16-22(26)23-15-20-10-5-13-27-20)12-11-17-6-4-9-19(14-17)28-18-7-2-1-3-8-18/h1-14H,15-16H2,(H,23,26)(H,24,25)/b12-11+. The zero-order valence-corrected chi connectivity index (χ0v) is 15.1. The van der Waals surface area contributed by atoms with Gasteiger partial charge in [-0.3, -0.25) is 9.59 Å². The van der Waals surface area contributed by atoms with Crippen LogP contribution in [-0.2, 0) is 16.1 Å². The number of ether oxygens (including phenoxy) is 1. The molecule has 2 aromatic carbocycles. The zero-order chi connectivity index (χ0) is 19.6. The van der Waals surface area contributed by atoms with Gasteiger partial charge in [0.15, 0.2) is 0 Å². The molecule has 0 aliphatic rings. The molecule has 2 N–H and O–H groups in total. The van der Waals surface area contributed by atoms with Crippen LogP contribution >= 0.6 is 0 Å². The first-order valence-corrected chi connectivity index (χ1v) is 8.77. The van der Waals surface area contributed by atoms with Crippen LogP contribution in [0.4, 0.5) is 0 Å². The molecule has 0 spiro atoms. The molecule has 3 aromatic rings. The maximum Gasteiger partial charge on any atom is 0.244 e. The van der Waals surface area contributed by atoms with Gasteiger partial charge in [-0.25, -0.2) is 0 Å². The van der Waals surface area contributed by atoms with Crippen molar-refractivity contribution in [3.63, 3.8) is 0 Å². The van der Waals surface area contributed by atoms with E-state index in [1.165, 1.54) is 12.3 Å². The highest BCUT2D eigenvalue weighted by Crippen LogP contribution is 2.22. The number of benzene rings is 2. The van der Waals surface area contributed by atoms with E-state index in [1.807, 2.05) is 54.6 Å². The topological polar surface area (TPSA) is 80.6 Å². The van der Waals surface area contributed by atoms with Crippen LogP contribution in [0.25, 0.3) is 6.08 Å². The maximum atomic E-state index is 11.9. The van der Waals surface area contributed by atoms with Crippen molar-refractivity contribution in [2.45, 2.75) is 6.54 Å². The smallest absolute Gasteiger partial charge is 0.244 e. The predicted molar refractivity (Wildman–Crippen MR) is 106 cm³/mol. The summed E-state index contributed by atoms with van der Waals surface area (Å²) in [6.45, 7) is 0.173. The van der Waals surface area contributed by atoms with Crippen LogP contribution < -0.4 is 15.4 Å². The van der Waals surface area contributed by atoms with E-state index in [9.17, 15) is 9.59 Å². The van der Waals surface area contributed by atoms with Crippen molar-refractivity contribution >= 4 is 17.9 Å². The molecule has 1 aromatic heterocycles. The Bertz CT molecular complexity index is 934. The molecular formula is C22H20N2O4. The number of hydrogen-bond acceptors (Lipinski definition) is 4. The molecule has 0 unspecified atom stereocenters. The summed E-state index contributed by atoms with van der Waals surface area (Å²) in [6, 6.07) is 20.3. The highest BCUT2D eigenvalue weighted by molar-refractivity contribution is 5.94. The Morgan fingerprint density at radius 3 is 2.54 bits per heavy atom. The molecule has 0 aliphatic carbocycles. The van der Waals surface area contributed by atoms with Gasteiger partial charge in [0.05, 0.1) is 19.4 Å². The SMILES string of the molecule is O=C(/C=C/c1cccc(Oc2ccccc2)c1)NCC(=O)NCc1ccco1. The number of rotatable bonds is 8. The number of carbonyl (C=O) groups excluding carboxylic acids is 2. The Morgan fingerprint density at radius 1 is 0.929 bits per heavy atom. The van der Waals surface area contributed by atoms with Crippen molar-refractivity contribution in [2.75, 3.05) is 6.54 Å². The first kappa shape index (κ1) is 19.0. The minimum atomic E-state index is -0.359. The molecule has 0 saturated carbocycles. The lowest BCUT2D eigenvalue weighted by Gasteiger charge is -2.06. The average molecular weight is 376 g/mol. The lowest BCUT2D eigenvalue weighted by molar-refractivity contribution is -0.124. The van der Waals surface area contributed by atoms with Crippen molar-refractivity contribution in [1.29, 1.82) is 0 Å². The third-order valence-corrected chi connectivity index (χ3v) is 3.73. The highest BCUT2D eigenvalue weighted by atomic mass is 16.5. The van der Waals surface area contributed by atoms with E-state index in [0.717, 1.165) is 11.3 Å². The van der Waals surface area contributed by atoms with Gasteiger partial charge in [0.25, 0.3) is 0 Å². The number of amides is 2. The molecule has 0 bridgehead atoms. The van der Waals surface area contributed by atoms with Gasteiger partial charge in [0.1, 0.15) is 17.3 Å². The molecule has 28 heavy (non-hydrogen) atoms. The Hall–Kier alpha value is -3.80. The van der Waals surface area contributed by atoms with Crippen LogP contribution in [0.15, 0.2) is 83.5 Å². The molecule has 1 heterocycles. The summed E-state index contributed by atoms with van der Waals surface area (Å²) in [5, 5.41) is 5.19. The van der Waals surface area contributed by atoms with E-state index < -0.39 is 0 Å². The minimum Gasteiger partial charge on any atom is -0.467 e. The number of carbonyl (C=O) groups is 2. The van der Waals surface area contributed by atoms with Gasteiger partial charge in [0.2, 0.25) is 11.8 Å². The Balaban J connectivity index is 1.45. The number of furan rings is 1. The molecule has 3 rings (SSSR count). The second kappa shape index (κ2) is 9.78. The van der Waals surface area contributed by atoms with Crippen LogP contribution in [0, 0.1) is 0 Å². The molecule has 2 amide bonds. The first-order chi connectivity index (χ1) is 13.7. The number of para-hydroxylation sites is 1. The Morgan fingerprint density at radius 2 is 1.75 bits per heavy atom. The Kier molecular flexibility index (Phi) is 6.62. The summed E-state index contributed by atoms with van der Waals surface area (Å²) in [7, 11) is 0. The minimum absolute atomic E-state index is 0.110. The van der Waals surface area contributed by atoms with Gasteiger partial charge in [-0.2, -0.15) is 0 Å². The van der Waals surface area contributed by atoms with Crippen LogP contribution in [0.5, 0.6) is 11.5 Å². The van der Waals surface area contributed by atoms with E-state index in [0.29, 0.717) is 11.5 Å². The number of hydrogen-bond donors (Lipinski definition) is 2. The molecule has 6 nitrogen and oxygen atoms in total. The third kappa shape index (κ3) is 6.17. The van der Waals surface area contributed by atoms with Gasteiger partial charge in [-0.15, -0.1) is 0 Å². The summed E-state index contributed by atoms with van der Waals surface area (Å²) in [5.74, 6) is 1.41. The molecule has 0 aliphatic heterocycles. The maximum absolute atomic E-state index is 11.9. The van der Waals surface area contributed by atoms with Gasteiger partial charge in [-0.05, 0) is 48.0 Å². The second-order valence-electron chi connectivity index (χ2n) is 5.89. The number of nitrogens with one attached hydrogen (secondary N) is 2. The lowest BCUT2D eigenvalue weighted by Crippen LogP contribution is -2.35. The van der Waals surface area contributed by atoms with Gasteiger partial charge < -0.3 is 19.8 Å². The third-order valence-electron chi connectivity index (χ3n) is 3.73. The molecule has 0 radical (unpaired) electrons. The molecule has 0 atom stereocenters. The van der Waals surface area contributed by atoms with Crippen LogP contribution in [0.3, 0.4) is 0 Å². The van der Waals surface area contributed by atoms with Gasteiger partial charge in [0, 0.05) is 6.08 Å². The Labute approximate surface area is 162 Å². The summed E-state index contributed by atoms with van der Waals surface area (Å²) < 4.78 is 10.9. The second-order valence-corrected chi connectivity index (χ2v) is 5.89. The van der Waals surface area contributed by atoms with Crippen molar-refractivity contribution in [1.82, 2.24) is 10.6 Å². The fourth-order valence-corrected chi connectivity index (χ4v) is 2.37. The van der Waals surface area contributed by atoms with Gasteiger partial charge >= 0.3 is 0 Å². The summed E-state index contributed by atoms with van der Waals surface area (Å²) >= 11 is 0. The van der Waals surface area contributed by atoms with Crippen molar-refractivity contribution in [3.8, 4) is 11.5 Å².